The van der Waals surface area contributed by atoms with Gasteiger partial charge in [-0.3, -0.25) is 0 Å². The maximum atomic E-state index is 12.5. The van der Waals surface area contributed by atoms with Crippen molar-refractivity contribution in [2.24, 2.45) is 0 Å². The highest BCUT2D eigenvalue weighted by Crippen LogP contribution is 2.35. The monoisotopic (exact) mass is 400 g/mol. The van der Waals surface area contributed by atoms with Gasteiger partial charge in [0.05, 0.1) is 0 Å². The highest BCUT2D eigenvalue weighted by Gasteiger charge is 2.35. The minimum absolute atomic E-state index is 0.0770. The summed E-state index contributed by atoms with van der Waals surface area (Å²) < 4.78 is 68.3. The molecule has 0 fully saturated rings. The molecule has 0 aliphatic carbocycles. The van der Waals surface area contributed by atoms with Gasteiger partial charge in [0.1, 0.15) is 5.75 Å². The molecule has 0 aliphatic rings. The predicted molar refractivity (Wildman–Crippen MR) is 92.0 cm³/mol. The van der Waals surface area contributed by atoms with Gasteiger partial charge in [-0.2, -0.15) is 0 Å². The Morgan fingerprint density at radius 1 is 1.11 bits per heavy atom. The first kappa shape index (κ1) is 19.1. The summed E-state index contributed by atoms with van der Waals surface area (Å²) in [6.07, 6.45) is -3.04. The molecule has 0 unspecified atom stereocenters. The number of nitrogens with one attached hydrogen (secondary N) is 2. The van der Waals surface area contributed by atoms with Crippen LogP contribution < -0.4 is 9.46 Å². The molecule has 3 N–H and O–H groups in total. The van der Waals surface area contributed by atoms with Crippen LogP contribution in [-0.4, -0.2) is 31.4 Å². The average Bonchev–Trinajstić information content (AvgIpc) is 3.02. The van der Waals surface area contributed by atoms with Crippen LogP contribution in [0.15, 0.2) is 53.6 Å². The number of phenolic OH excluding ortho intramolecular Hbond substituents is 1. The number of aromatic hydroxyl groups is 1. The zero-order chi connectivity index (χ0) is 19.7. The second kappa shape index (κ2) is 7.12. The Morgan fingerprint density at radius 3 is 2.59 bits per heavy atom. The molecular weight excluding hydrogens is 385 g/mol. The second-order valence-electron chi connectivity index (χ2n) is 5.66. The number of ether oxygens (including phenoxy) is 1. The Hall–Kier alpha value is -2.72. The molecule has 27 heavy (non-hydrogen) atoms. The Balaban J connectivity index is 1.80. The molecular formula is C17H15F3N2O4S. The molecule has 3 aromatic rings. The van der Waals surface area contributed by atoms with Crippen LogP contribution in [0.3, 0.4) is 0 Å². The van der Waals surface area contributed by atoms with E-state index < -0.39 is 32.8 Å². The van der Waals surface area contributed by atoms with Gasteiger partial charge in [-0.1, -0.05) is 18.2 Å². The first-order chi connectivity index (χ1) is 12.7. The van der Waals surface area contributed by atoms with Gasteiger partial charge in [0.15, 0.2) is 10.6 Å². The van der Waals surface area contributed by atoms with E-state index >= 15 is 0 Å². The second-order valence-corrected chi connectivity index (χ2v) is 7.36. The molecule has 0 atom stereocenters. The lowest BCUT2D eigenvalue weighted by molar-refractivity contribution is -0.275. The lowest BCUT2D eigenvalue weighted by Gasteiger charge is -2.15. The number of aromatic nitrogens is 1. The zero-order valence-corrected chi connectivity index (χ0v) is 14.6. The summed E-state index contributed by atoms with van der Waals surface area (Å²) in [5.74, 6) is -1.83. The molecule has 6 nitrogen and oxygen atoms in total. The van der Waals surface area contributed by atoms with Crippen molar-refractivity contribution < 1.29 is 31.4 Å². The fourth-order valence-corrected chi connectivity index (χ4v) is 3.97. The lowest BCUT2D eigenvalue weighted by Crippen LogP contribution is -2.27. The summed E-state index contributed by atoms with van der Waals surface area (Å²) in [7, 11) is -4.44. The first-order valence-electron chi connectivity index (χ1n) is 7.80. The number of halogens is 3. The van der Waals surface area contributed by atoms with Crippen LogP contribution in [0.5, 0.6) is 11.5 Å². The van der Waals surface area contributed by atoms with Crippen molar-refractivity contribution >= 4 is 20.9 Å². The highest BCUT2D eigenvalue weighted by atomic mass is 32.2. The molecule has 1 aromatic heterocycles. The van der Waals surface area contributed by atoms with Crippen LogP contribution in [0.4, 0.5) is 13.2 Å². The van der Waals surface area contributed by atoms with E-state index in [1.54, 1.807) is 12.3 Å². The number of alkyl halides is 3. The van der Waals surface area contributed by atoms with Gasteiger partial charge in [0, 0.05) is 23.6 Å². The number of benzene rings is 2. The molecule has 10 heteroatoms. The lowest BCUT2D eigenvalue weighted by atomic mass is 10.1. The number of rotatable bonds is 6. The molecule has 0 aliphatic heterocycles. The third-order valence-corrected chi connectivity index (χ3v) is 5.36. The van der Waals surface area contributed by atoms with E-state index in [2.05, 4.69) is 14.4 Å². The fourth-order valence-electron chi connectivity index (χ4n) is 2.74. The molecule has 0 spiro atoms. The van der Waals surface area contributed by atoms with Crippen molar-refractivity contribution in [3.8, 4) is 11.5 Å². The maximum absolute atomic E-state index is 12.5. The van der Waals surface area contributed by atoms with Gasteiger partial charge in [-0.05, 0) is 36.2 Å². The van der Waals surface area contributed by atoms with Gasteiger partial charge < -0.3 is 14.8 Å². The van der Waals surface area contributed by atoms with Crippen molar-refractivity contribution in [3.05, 3.63) is 54.2 Å². The van der Waals surface area contributed by atoms with E-state index in [-0.39, 0.29) is 6.54 Å². The van der Waals surface area contributed by atoms with Crippen molar-refractivity contribution in [2.75, 3.05) is 6.54 Å². The van der Waals surface area contributed by atoms with Crippen LogP contribution in [-0.2, 0) is 16.4 Å². The van der Waals surface area contributed by atoms with E-state index in [0.29, 0.717) is 6.42 Å². The number of H-pyrrole nitrogens is 1. The third-order valence-electron chi connectivity index (χ3n) is 3.82. The number of hydrogen-bond acceptors (Lipinski definition) is 4. The fraction of sp³-hybridized carbons (Fsp3) is 0.176. The number of fused-ring (bicyclic) bond motifs is 1. The third kappa shape index (κ3) is 4.34. The first-order valence-corrected chi connectivity index (χ1v) is 9.28. The Morgan fingerprint density at radius 2 is 1.85 bits per heavy atom. The summed E-state index contributed by atoms with van der Waals surface area (Å²) in [6.45, 7) is -0.0770. The van der Waals surface area contributed by atoms with Crippen molar-refractivity contribution in [1.29, 1.82) is 0 Å². The number of sulfonamides is 1. The summed E-state index contributed by atoms with van der Waals surface area (Å²) in [4.78, 5) is 2.08. The van der Waals surface area contributed by atoms with Crippen LogP contribution in [0.2, 0.25) is 0 Å². The molecule has 1 heterocycles. The van der Waals surface area contributed by atoms with Crippen molar-refractivity contribution in [2.45, 2.75) is 17.7 Å². The minimum atomic E-state index is -5.10. The van der Waals surface area contributed by atoms with E-state index in [4.69, 9.17) is 0 Å². The Kier molecular flexibility index (Phi) is 5.03. The molecule has 144 valence electrons. The molecule has 0 bridgehead atoms. The van der Waals surface area contributed by atoms with E-state index in [1.165, 1.54) is 0 Å². The van der Waals surface area contributed by atoms with Crippen molar-refractivity contribution in [1.82, 2.24) is 9.71 Å². The molecule has 0 saturated heterocycles. The van der Waals surface area contributed by atoms with E-state index in [9.17, 15) is 26.7 Å². The summed E-state index contributed by atoms with van der Waals surface area (Å²) in [6, 6.07) is 10.2. The van der Waals surface area contributed by atoms with Gasteiger partial charge in [0.25, 0.3) is 0 Å². The zero-order valence-electron chi connectivity index (χ0n) is 13.7. The predicted octanol–water partition coefficient (Wildman–Crippen LogP) is 3.29. The largest absolute Gasteiger partial charge is 0.573 e. The number of phenols is 1. The van der Waals surface area contributed by atoms with Crippen molar-refractivity contribution in [3.63, 3.8) is 0 Å². The maximum Gasteiger partial charge on any atom is 0.573 e. The van der Waals surface area contributed by atoms with Gasteiger partial charge in [-0.15, -0.1) is 13.2 Å². The standard InChI is InChI=1S/C17H15F3N2O4S/c18-17(19,20)26-15-6-2-5-14(23)16(15)27(24,25)22-10-7-11-3-1-4-13-12(11)8-9-21-13/h1-6,8-9,21-23H,7,10H2. The van der Waals surface area contributed by atoms with E-state index in [1.807, 2.05) is 18.2 Å². The van der Waals surface area contributed by atoms with Crippen LogP contribution in [0, 0.1) is 0 Å². The molecule has 0 saturated carbocycles. The van der Waals surface area contributed by atoms with Gasteiger partial charge >= 0.3 is 6.36 Å². The van der Waals surface area contributed by atoms with Gasteiger partial charge in [0.2, 0.25) is 10.0 Å². The normalized spacial score (nSPS) is 12.4. The molecule has 0 radical (unpaired) electrons. The minimum Gasteiger partial charge on any atom is -0.506 e. The summed E-state index contributed by atoms with van der Waals surface area (Å²) in [5.41, 5.74) is 1.75. The van der Waals surface area contributed by atoms with E-state index in [0.717, 1.165) is 34.7 Å². The van der Waals surface area contributed by atoms with Crippen LogP contribution in [0.1, 0.15) is 5.56 Å². The summed E-state index contributed by atoms with van der Waals surface area (Å²) in [5, 5.41) is 10.7. The molecule has 2 aromatic carbocycles. The number of hydrogen-bond donors (Lipinski definition) is 3. The number of aromatic amines is 1. The molecule has 0 amide bonds. The van der Waals surface area contributed by atoms with Gasteiger partial charge in [-0.25, -0.2) is 13.1 Å². The summed E-state index contributed by atoms with van der Waals surface area (Å²) >= 11 is 0. The SMILES string of the molecule is O=S(=O)(NCCc1cccc2[nH]ccc12)c1c(O)cccc1OC(F)(F)F. The van der Waals surface area contributed by atoms with Crippen LogP contribution >= 0.6 is 0 Å². The topological polar surface area (TPSA) is 91.4 Å². The molecule has 3 rings (SSSR count). The average molecular weight is 400 g/mol. The smallest absolute Gasteiger partial charge is 0.506 e. The quantitative estimate of drug-likeness (QED) is 0.592. The Bertz CT molecular complexity index is 1060. The highest BCUT2D eigenvalue weighted by molar-refractivity contribution is 7.89. The Labute approximate surface area is 152 Å². The van der Waals surface area contributed by atoms with Crippen LogP contribution in [0.25, 0.3) is 10.9 Å².